The van der Waals surface area contributed by atoms with Gasteiger partial charge in [0.25, 0.3) is 0 Å². The molecular weight excluding hydrogens is 136 g/mol. The SMILES string of the molecule is CCC(C)(CC)C(C)CCO. The first-order valence-corrected chi connectivity index (χ1v) is 4.71. The van der Waals surface area contributed by atoms with Crippen molar-refractivity contribution in [3.05, 3.63) is 0 Å². The van der Waals surface area contributed by atoms with Crippen LogP contribution in [0.5, 0.6) is 0 Å². The van der Waals surface area contributed by atoms with Gasteiger partial charge in [-0.1, -0.05) is 40.5 Å². The molecule has 1 unspecified atom stereocenters. The summed E-state index contributed by atoms with van der Waals surface area (Å²) in [5.74, 6) is 0.641. The average molecular weight is 158 g/mol. The molecule has 0 aromatic carbocycles. The van der Waals surface area contributed by atoms with Crippen molar-refractivity contribution < 1.29 is 5.11 Å². The van der Waals surface area contributed by atoms with Gasteiger partial charge < -0.3 is 5.11 Å². The topological polar surface area (TPSA) is 20.2 Å². The van der Waals surface area contributed by atoms with Crippen molar-refractivity contribution >= 4 is 0 Å². The minimum absolute atomic E-state index is 0.330. The van der Waals surface area contributed by atoms with Crippen molar-refractivity contribution in [1.82, 2.24) is 0 Å². The molecular formula is C10H22O. The fourth-order valence-corrected chi connectivity index (χ4v) is 1.49. The third-order valence-corrected chi connectivity index (χ3v) is 3.37. The molecule has 0 amide bonds. The summed E-state index contributed by atoms with van der Waals surface area (Å²) in [6.45, 7) is 9.35. The molecule has 0 aliphatic carbocycles. The number of rotatable bonds is 5. The summed E-state index contributed by atoms with van der Waals surface area (Å²) < 4.78 is 0. The smallest absolute Gasteiger partial charge is 0.0433 e. The van der Waals surface area contributed by atoms with Crippen molar-refractivity contribution in [2.75, 3.05) is 6.61 Å². The van der Waals surface area contributed by atoms with E-state index in [2.05, 4.69) is 27.7 Å². The van der Waals surface area contributed by atoms with Gasteiger partial charge in [0, 0.05) is 6.61 Å². The highest BCUT2D eigenvalue weighted by Crippen LogP contribution is 2.35. The molecule has 0 spiro atoms. The van der Waals surface area contributed by atoms with E-state index in [1.54, 1.807) is 0 Å². The van der Waals surface area contributed by atoms with Gasteiger partial charge in [-0.15, -0.1) is 0 Å². The van der Waals surface area contributed by atoms with Crippen LogP contribution in [0.1, 0.15) is 47.0 Å². The van der Waals surface area contributed by atoms with E-state index in [9.17, 15) is 0 Å². The summed E-state index contributed by atoms with van der Waals surface area (Å²) in [7, 11) is 0. The molecule has 0 saturated heterocycles. The standard InChI is InChI=1S/C10H22O/c1-5-10(4,6-2)9(3)7-8-11/h9,11H,5-8H2,1-4H3. The van der Waals surface area contributed by atoms with E-state index in [1.807, 2.05) is 0 Å². The van der Waals surface area contributed by atoms with Crippen molar-refractivity contribution in [2.45, 2.75) is 47.0 Å². The molecule has 1 heteroatoms. The van der Waals surface area contributed by atoms with Gasteiger partial charge in [0.15, 0.2) is 0 Å². The first-order valence-electron chi connectivity index (χ1n) is 4.71. The lowest BCUT2D eigenvalue weighted by atomic mass is 9.72. The quantitative estimate of drug-likeness (QED) is 0.652. The second-order valence-electron chi connectivity index (χ2n) is 3.77. The van der Waals surface area contributed by atoms with Gasteiger partial charge in [0.2, 0.25) is 0 Å². The fourth-order valence-electron chi connectivity index (χ4n) is 1.49. The molecule has 1 nitrogen and oxygen atoms in total. The first-order chi connectivity index (χ1) is 5.10. The first kappa shape index (κ1) is 11.0. The Kier molecular flexibility index (Phi) is 4.74. The van der Waals surface area contributed by atoms with Gasteiger partial charge in [0.1, 0.15) is 0 Å². The molecule has 0 bridgehead atoms. The van der Waals surface area contributed by atoms with Crippen LogP contribution in [0, 0.1) is 11.3 Å². The molecule has 0 aliphatic heterocycles. The molecule has 0 aliphatic rings. The van der Waals surface area contributed by atoms with E-state index in [0.717, 1.165) is 6.42 Å². The van der Waals surface area contributed by atoms with E-state index < -0.39 is 0 Å². The monoisotopic (exact) mass is 158 g/mol. The van der Waals surface area contributed by atoms with Gasteiger partial charge >= 0.3 is 0 Å². The van der Waals surface area contributed by atoms with Crippen LogP contribution in [-0.4, -0.2) is 11.7 Å². The summed E-state index contributed by atoms with van der Waals surface area (Å²) in [6, 6.07) is 0. The molecule has 11 heavy (non-hydrogen) atoms. The van der Waals surface area contributed by atoms with E-state index in [-0.39, 0.29) is 0 Å². The number of aliphatic hydroxyl groups excluding tert-OH is 1. The Morgan fingerprint density at radius 1 is 1.27 bits per heavy atom. The third-order valence-electron chi connectivity index (χ3n) is 3.37. The minimum Gasteiger partial charge on any atom is -0.396 e. The van der Waals surface area contributed by atoms with Crippen LogP contribution in [0.3, 0.4) is 0 Å². The predicted octanol–water partition coefficient (Wildman–Crippen LogP) is 2.83. The minimum atomic E-state index is 0.330. The average Bonchev–Trinajstić information content (AvgIpc) is 2.03. The molecule has 0 rings (SSSR count). The largest absolute Gasteiger partial charge is 0.396 e. The highest BCUT2D eigenvalue weighted by Gasteiger charge is 2.26. The van der Waals surface area contributed by atoms with E-state index in [4.69, 9.17) is 5.11 Å². The highest BCUT2D eigenvalue weighted by molar-refractivity contribution is 4.76. The normalized spacial score (nSPS) is 15.0. The van der Waals surface area contributed by atoms with Gasteiger partial charge in [-0.05, 0) is 17.8 Å². The summed E-state index contributed by atoms with van der Waals surface area (Å²) in [5.41, 5.74) is 0.433. The Morgan fingerprint density at radius 3 is 2.00 bits per heavy atom. The van der Waals surface area contributed by atoms with E-state index in [0.29, 0.717) is 17.9 Å². The maximum Gasteiger partial charge on any atom is 0.0433 e. The Morgan fingerprint density at radius 2 is 1.73 bits per heavy atom. The fraction of sp³-hybridized carbons (Fsp3) is 1.00. The lowest BCUT2D eigenvalue weighted by molar-refractivity contribution is 0.143. The lowest BCUT2D eigenvalue weighted by Crippen LogP contribution is -2.24. The predicted molar refractivity (Wildman–Crippen MR) is 49.6 cm³/mol. The maximum absolute atomic E-state index is 8.79. The molecule has 0 aromatic rings. The van der Waals surface area contributed by atoms with E-state index in [1.165, 1.54) is 12.8 Å². The zero-order valence-electron chi connectivity index (χ0n) is 8.35. The highest BCUT2D eigenvalue weighted by atomic mass is 16.3. The van der Waals surface area contributed by atoms with Crippen molar-refractivity contribution in [1.29, 1.82) is 0 Å². The van der Waals surface area contributed by atoms with Crippen LogP contribution in [0.2, 0.25) is 0 Å². The Balaban J connectivity index is 4.00. The van der Waals surface area contributed by atoms with Gasteiger partial charge in [-0.25, -0.2) is 0 Å². The van der Waals surface area contributed by atoms with Gasteiger partial charge in [-0.3, -0.25) is 0 Å². The van der Waals surface area contributed by atoms with Crippen LogP contribution < -0.4 is 0 Å². The molecule has 0 radical (unpaired) electrons. The molecule has 1 N–H and O–H groups in total. The Labute approximate surface area is 70.8 Å². The van der Waals surface area contributed by atoms with Crippen LogP contribution in [-0.2, 0) is 0 Å². The Hall–Kier alpha value is -0.0400. The second-order valence-corrected chi connectivity index (χ2v) is 3.77. The molecule has 0 fully saturated rings. The maximum atomic E-state index is 8.79. The molecule has 0 saturated carbocycles. The summed E-state index contributed by atoms with van der Waals surface area (Å²) in [6.07, 6.45) is 3.37. The number of hydrogen-bond acceptors (Lipinski definition) is 1. The molecule has 68 valence electrons. The van der Waals surface area contributed by atoms with Crippen molar-refractivity contribution in [3.63, 3.8) is 0 Å². The molecule has 0 heterocycles. The zero-order valence-corrected chi connectivity index (χ0v) is 8.35. The number of hydrogen-bond donors (Lipinski definition) is 1. The lowest BCUT2D eigenvalue weighted by Gasteiger charge is -2.33. The van der Waals surface area contributed by atoms with Gasteiger partial charge in [0.05, 0.1) is 0 Å². The van der Waals surface area contributed by atoms with Crippen LogP contribution in [0.4, 0.5) is 0 Å². The van der Waals surface area contributed by atoms with Gasteiger partial charge in [-0.2, -0.15) is 0 Å². The van der Waals surface area contributed by atoms with Crippen molar-refractivity contribution in [3.8, 4) is 0 Å². The number of aliphatic hydroxyl groups is 1. The summed E-state index contributed by atoms with van der Waals surface area (Å²) >= 11 is 0. The molecule has 1 atom stereocenters. The second kappa shape index (κ2) is 4.76. The third kappa shape index (κ3) is 2.82. The molecule has 0 aromatic heterocycles. The summed E-state index contributed by atoms with van der Waals surface area (Å²) in [4.78, 5) is 0. The van der Waals surface area contributed by atoms with Crippen LogP contribution in [0.25, 0.3) is 0 Å². The Bertz CT molecular complexity index is 95.0. The summed E-state index contributed by atoms with van der Waals surface area (Å²) in [5, 5.41) is 8.79. The van der Waals surface area contributed by atoms with E-state index >= 15 is 0 Å². The van der Waals surface area contributed by atoms with Crippen LogP contribution in [0.15, 0.2) is 0 Å². The van der Waals surface area contributed by atoms with Crippen LogP contribution >= 0.6 is 0 Å². The van der Waals surface area contributed by atoms with Crippen molar-refractivity contribution in [2.24, 2.45) is 11.3 Å². The zero-order chi connectivity index (χ0) is 8.91.